The van der Waals surface area contributed by atoms with Gasteiger partial charge >= 0.3 is 0 Å². The molecule has 0 unspecified atom stereocenters. The molecular formula is C9H20OSi. The molecule has 0 aromatic rings. The molecule has 1 saturated carbocycles. The van der Waals surface area contributed by atoms with Crippen LogP contribution in [0.4, 0.5) is 0 Å². The second-order valence-electron chi connectivity index (χ2n) is 4.82. The summed E-state index contributed by atoms with van der Waals surface area (Å²) in [5.74, 6) is 0. The lowest BCUT2D eigenvalue weighted by Crippen LogP contribution is -2.38. The van der Waals surface area contributed by atoms with Crippen molar-refractivity contribution >= 4 is 8.07 Å². The molecule has 1 fully saturated rings. The Hall–Kier alpha value is 0.177. The number of rotatable bonds is 1. The zero-order valence-electron chi connectivity index (χ0n) is 7.93. The minimum Gasteiger partial charge on any atom is -0.393 e. The third kappa shape index (κ3) is 2.31. The lowest BCUT2D eigenvalue weighted by molar-refractivity contribution is 0.127. The maximum Gasteiger partial charge on any atom is 0.0544 e. The molecule has 0 aromatic carbocycles. The van der Waals surface area contributed by atoms with Crippen LogP contribution in [0.3, 0.4) is 0 Å². The summed E-state index contributed by atoms with van der Waals surface area (Å²) in [5, 5.41) is 9.74. The minimum absolute atomic E-state index is 0.0235. The van der Waals surface area contributed by atoms with Gasteiger partial charge in [0.15, 0.2) is 0 Å². The van der Waals surface area contributed by atoms with Crippen LogP contribution in [0.5, 0.6) is 0 Å². The van der Waals surface area contributed by atoms with Gasteiger partial charge in [-0.25, -0.2) is 0 Å². The molecule has 1 aliphatic carbocycles. The summed E-state index contributed by atoms with van der Waals surface area (Å²) in [6.45, 7) is 7.10. The van der Waals surface area contributed by atoms with E-state index in [4.69, 9.17) is 0 Å². The highest BCUT2D eigenvalue weighted by Crippen LogP contribution is 2.36. The molecule has 66 valence electrons. The first-order valence-electron chi connectivity index (χ1n) is 4.70. The van der Waals surface area contributed by atoms with Crippen molar-refractivity contribution in [2.45, 2.75) is 57.0 Å². The fraction of sp³-hybridized carbons (Fsp3) is 1.00. The van der Waals surface area contributed by atoms with Gasteiger partial charge in [0.25, 0.3) is 0 Å². The van der Waals surface area contributed by atoms with E-state index in [0.717, 1.165) is 6.42 Å². The first-order chi connectivity index (χ1) is 5.02. The smallest absolute Gasteiger partial charge is 0.0544 e. The fourth-order valence-electron chi connectivity index (χ4n) is 2.12. The average Bonchev–Trinajstić information content (AvgIpc) is 1.86. The third-order valence-electron chi connectivity index (χ3n) is 2.84. The summed E-state index contributed by atoms with van der Waals surface area (Å²) >= 11 is 0. The normalized spacial score (nSPS) is 33.8. The number of hydrogen-bond acceptors (Lipinski definition) is 1. The molecule has 0 saturated heterocycles. The molecule has 1 N–H and O–H groups in total. The van der Waals surface area contributed by atoms with E-state index in [1.807, 2.05) is 0 Å². The zero-order valence-corrected chi connectivity index (χ0v) is 8.93. The highest BCUT2D eigenvalue weighted by Gasteiger charge is 2.33. The number of hydrogen-bond donors (Lipinski definition) is 1. The molecule has 2 atom stereocenters. The molecule has 1 rings (SSSR count). The van der Waals surface area contributed by atoms with Gasteiger partial charge in [-0.1, -0.05) is 38.9 Å². The Morgan fingerprint density at radius 1 is 1.09 bits per heavy atom. The van der Waals surface area contributed by atoms with Gasteiger partial charge in [-0.15, -0.1) is 0 Å². The maximum atomic E-state index is 9.74. The van der Waals surface area contributed by atoms with Crippen LogP contribution in [0.1, 0.15) is 25.7 Å². The third-order valence-corrected chi connectivity index (χ3v) is 5.74. The first kappa shape index (κ1) is 9.27. The van der Waals surface area contributed by atoms with E-state index >= 15 is 0 Å². The Morgan fingerprint density at radius 2 is 1.64 bits per heavy atom. The van der Waals surface area contributed by atoms with Gasteiger partial charge in [0.05, 0.1) is 14.2 Å². The monoisotopic (exact) mass is 172 g/mol. The predicted molar refractivity (Wildman–Crippen MR) is 51.6 cm³/mol. The molecule has 0 aromatic heterocycles. The summed E-state index contributed by atoms with van der Waals surface area (Å²) in [4.78, 5) is 0. The molecular weight excluding hydrogens is 152 g/mol. The highest BCUT2D eigenvalue weighted by atomic mass is 28.3. The molecule has 0 aliphatic heterocycles. The van der Waals surface area contributed by atoms with E-state index in [-0.39, 0.29) is 6.10 Å². The Labute approximate surface area is 70.8 Å². The Bertz CT molecular complexity index is 128. The van der Waals surface area contributed by atoms with Crippen molar-refractivity contribution in [3.63, 3.8) is 0 Å². The van der Waals surface area contributed by atoms with Crippen LogP contribution < -0.4 is 0 Å². The van der Waals surface area contributed by atoms with Crippen LogP contribution in [0.25, 0.3) is 0 Å². The van der Waals surface area contributed by atoms with E-state index in [1.165, 1.54) is 19.3 Å². The lowest BCUT2D eigenvalue weighted by atomic mass is 9.97. The average molecular weight is 172 g/mol. The standard InChI is InChI=1S/C9H20OSi/c1-11(2,3)9-7-5-4-6-8(9)10/h8-10H,4-7H2,1-3H3/t8-,9+/m0/s1. The van der Waals surface area contributed by atoms with Crippen LogP contribution in [-0.4, -0.2) is 19.3 Å². The zero-order chi connectivity index (χ0) is 8.48. The Kier molecular flexibility index (Phi) is 2.76. The van der Waals surface area contributed by atoms with E-state index in [2.05, 4.69) is 19.6 Å². The minimum atomic E-state index is -1.07. The molecule has 11 heavy (non-hydrogen) atoms. The largest absolute Gasteiger partial charge is 0.393 e. The summed E-state index contributed by atoms with van der Waals surface area (Å²) in [6.07, 6.45) is 4.93. The van der Waals surface area contributed by atoms with E-state index in [0.29, 0.717) is 5.54 Å². The van der Waals surface area contributed by atoms with Gasteiger partial charge in [0.1, 0.15) is 0 Å². The van der Waals surface area contributed by atoms with Crippen molar-refractivity contribution in [1.82, 2.24) is 0 Å². The lowest BCUT2D eigenvalue weighted by Gasteiger charge is -2.36. The van der Waals surface area contributed by atoms with E-state index < -0.39 is 8.07 Å². The van der Waals surface area contributed by atoms with Crippen molar-refractivity contribution in [2.24, 2.45) is 0 Å². The van der Waals surface area contributed by atoms with Crippen molar-refractivity contribution in [2.75, 3.05) is 0 Å². The molecule has 1 nitrogen and oxygen atoms in total. The molecule has 2 heteroatoms. The number of aliphatic hydroxyl groups is 1. The van der Waals surface area contributed by atoms with Gasteiger partial charge < -0.3 is 5.11 Å². The topological polar surface area (TPSA) is 20.2 Å². The summed E-state index contributed by atoms with van der Waals surface area (Å²) in [7, 11) is -1.07. The van der Waals surface area contributed by atoms with E-state index in [9.17, 15) is 5.11 Å². The van der Waals surface area contributed by atoms with Crippen molar-refractivity contribution < 1.29 is 5.11 Å². The fourth-order valence-corrected chi connectivity index (χ4v) is 4.51. The molecule has 0 heterocycles. The second-order valence-corrected chi connectivity index (χ2v) is 10.3. The van der Waals surface area contributed by atoms with Gasteiger partial charge in [-0.2, -0.15) is 0 Å². The molecule has 0 spiro atoms. The highest BCUT2D eigenvalue weighted by molar-refractivity contribution is 6.77. The van der Waals surface area contributed by atoms with Gasteiger partial charge in [-0.05, 0) is 12.0 Å². The van der Waals surface area contributed by atoms with Gasteiger partial charge in [0.2, 0.25) is 0 Å². The summed E-state index contributed by atoms with van der Waals surface area (Å²) in [5.41, 5.74) is 0.663. The quantitative estimate of drug-likeness (QED) is 0.603. The maximum absolute atomic E-state index is 9.74. The summed E-state index contributed by atoms with van der Waals surface area (Å²) < 4.78 is 0. The predicted octanol–water partition coefficient (Wildman–Crippen LogP) is 2.63. The van der Waals surface area contributed by atoms with Crippen LogP contribution in [-0.2, 0) is 0 Å². The van der Waals surface area contributed by atoms with E-state index in [1.54, 1.807) is 0 Å². The first-order valence-corrected chi connectivity index (χ1v) is 8.27. The van der Waals surface area contributed by atoms with Crippen LogP contribution in [0.15, 0.2) is 0 Å². The SMILES string of the molecule is C[Si](C)(C)[C@@H]1CCCC[C@@H]1O. The summed E-state index contributed by atoms with van der Waals surface area (Å²) in [6, 6.07) is 0. The second kappa shape index (κ2) is 3.28. The van der Waals surface area contributed by atoms with Crippen molar-refractivity contribution in [3.8, 4) is 0 Å². The Balaban J connectivity index is 2.55. The molecule has 0 radical (unpaired) electrons. The Morgan fingerprint density at radius 3 is 2.00 bits per heavy atom. The number of aliphatic hydroxyl groups excluding tert-OH is 1. The molecule has 0 bridgehead atoms. The molecule has 0 amide bonds. The van der Waals surface area contributed by atoms with Crippen LogP contribution in [0.2, 0.25) is 25.2 Å². The van der Waals surface area contributed by atoms with Gasteiger partial charge in [0, 0.05) is 0 Å². The molecule has 1 aliphatic rings. The van der Waals surface area contributed by atoms with Crippen LogP contribution >= 0.6 is 0 Å². The van der Waals surface area contributed by atoms with Crippen LogP contribution in [0, 0.1) is 0 Å². The van der Waals surface area contributed by atoms with Gasteiger partial charge in [-0.3, -0.25) is 0 Å². The van der Waals surface area contributed by atoms with Crippen molar-refractivity contribution in [3.05, 3.63) is 0 Å². The van der Waals surface area contributed by atoms with Crippen molar-refractivity contribution in [1.29, 1.82) is 0 Å².